The molecule has 28 heavy (non-hydrogen) atoms. The zero-order valence-electron chi connectivity index (χ0n) is 15.8. The molecule has 7 nitrogen and oxygen atoms in total. The molecule has 1 aliphatic carbocycles. The SMILES string of the molecule is O=C(CCN1C(=O)[C@H]2CCCC[C@H]2C1=O)NCCS(=O)(=O)Cc1ccccc1. The van der Waals surface area contributed by atoms with Crippen LogP contribution in [0.25, 0.3) is 0 Å². The minimum Gasteiger partial charge on any atom is -0.355 e. The number of fused-ring (bicyclic) bond motifs is 1. The number of sulfone groups is 1. The van der Waals surface area contributed by atoms with Crippen LogP contribution in [0.4, 0.5) is 0 Å². The van der Waals surface area contributed by atoms with Crippen LogP contribution in [0.1, 0.15) is 37.7 Å². The van der Waals surface area contributed by atoms with Crippen molar-refractivity contribution in [2.45, 2.75) is 37.9 Å². The second-order valence-corrected chi connectivity index (χ2v) is 9.69. The van der Waals surface area contributed by atoms with E-state index < -0.39 is 9.84 Å². The van der Waals surface area contributed by atoms with Gasteiger partial charge in [0.25, 0.3) is 0 Å². The lowest BCUT2D eigenvalue weighted by molar-refractivity contribution is -0.140. The molecule has 8 heteroatoms. The molecule has 1 aliphatic heterocycles. The Morgan fingerprint density at radius 1 is 1.04 bits per heavy atom. The molecule has 1 saturated heterocycles. The molecule has 1 saturated carbocycles. The molecular weight excluding hydrogens is 380 g/mol. The number of benzene rings is 1. The first kappa shape index (κ1) is 20.5. The Bertz CT molecular complexity index is 813. The molecule has 0 spiro atoms. The van der Waals surface area contributed by atoms with Crippen LogP contribution in [0.2, 0.25) is 0 Å². The molecule has 1 aromatic rings. The first-order valence-electron chi connectivity index (χ1n) is 9.74. The maximum atomic E-state index is 12.4. The van der Waals surface area contributed by atoms with Crippen LogP contribution in [-0.4, -0.2) is 49.9 Å². The standard InChI is InChI=1S/C20H26N2O5S/c23-18(21-11-13-28(26,27)14-15-6-2-1-3-7-15)10-12-22-19(24)16-8-4-5-9-17(16)20(22)25/h1-3,6-7,16-17H,4-5,8-14H2,(H,21,23)/t16-,17+. The van der Waals surface area contributed by atoms with Crippen LogP contribution in [0.5, 0.6) is 0 Å². The van der Waals surface area contributed by atoms with Gasteiger partial charge >= 0.3 is 0 Å². The fourth-order valence-electron chi connectivity index (χ4n) is 4.00. The Morgan fingerprint density at radius 2 is 1.64 bits per heavy atom. The molecule has 2 fully saturated rings. The summed E-state index contributed by atoms with van der Waals surface area (Å²) in [4.78, 5) is 38.0. The third kappa shape index (κ3) is 4.98. The van der Waals surface area contributed by atoms with Gasteiger partial charge in [-0.25, -0.2) is 8.42 Å². The Morgan fingerprint density at radius 3 is 2.25 bits per heavy atom. The molecule has 0 bridgehead atoms. The second kappa shape index (κ2) is 8.86. The number of nitrogens with zero attached hydrogens (tertiary/aromatic N) is 1. The van der Waals surface area contributed by atoms with Crippen molar-refractivity contribution in [1.29, 1.82) is 0 Å². The van der Waals surface area contributed by atoms with Gasteiger partial charge < -0.3 is 5.32 Å². The maximum absolute atomic E-state index is 12.4. The van der Waals surface area contributed by atoms with E-state index in [1.165, 1.54) is 4.90 Å². The fraction of sp³-hybridized carbons (Fsp3) is 0.550. The van der Waals surface area contributed by atoms with Gasteiger partial charge in [0.2, 0.25) is 17.7 Å². The van der Waals surface area contributed by atoms with Gasteiger partial charge in [0.05, 0.1) is 23.3 Å². The van der Waals surface area contributed by atoms with Crippen LogP contribution in [-0.2, 0) is 30.0 Å². The van der Waals surface area contributed by atoms with Gasteiger partial charge in [0, 0.05) is 19.5 Å². The van der Waals surface area contributed by atoms with Crippen molar-refractivity contribution >= 4 is 27.6 Å². The summed E-state index contributed by atoms with van der Waals surface area (Å²) >= 11 is 0. The molecule has 1 heterocycles. The summed E-state index contributed by atoms with van der Waals surface area (Å²) in [5.41, 5.74) is 0.710. The maximum Gasteiger partial charge on any atom is 0.233 e. The summed E-state index contributed by atoms with van der Waals surface area (Å²) in [5.74, 6) is -1.33. The number of hydrogen-bond acceptors (Lipinski definition) is 5. The molecule has 3 rings (SSSR count). The number of carbonyl (C=O) groups excluding carboxylic acids is 3. The summed E-state index contributed by atoms with van der Waals surface area (Å²) in [5, 5.41) is 2.57. The summed E-state index contributed by atoms with van der Waals surface area (Å²) in [7, 11) is -3.33. The molecule has 3 amide bonds. The molecule has 152 valence electrons. The van der Waals surface area contributed by atoms with Crippen LogP contribution in [0.3, 0.4) is 0 Å². The summed E-state index contributed by atoms with van der Waals surface area (Å²) in [6, 6.07) is 8.88. The van der Waals surface area contributed by atoms with Crippen molar-refractivity contribution in [2.24, 2.45) is 11.8 Å². The molecule has 2 aliphatic rings. The Labute approximate surface area is 165 Å². The number of amides is 3. The third-order valence-electron chi connectivity index (χ3n) is 5.46. The van der Waals surface area contributed by atoms with Crippen molar-refractivity contribution in [3.8, 4) is 0 Å². The van der Waals surface area contributed by atoms with Gasteiger partial charge in [0.15, 0.2) is 9.84 Å². The number of hydrogen-bond donors (Lipinski definition) is 1. The largest absolute Gasteiger partial charge is 0.355 e. The van der Waals surface area contributed by atoms with E-state index in [0.29, 0.717) is 5.56 Å². The van der Waals surface area contributed by atoms with E-state index in [1.54, 1.807) is 24.3 Å². The highest BCUT2D eigenvalue weighted by molar-refractivity contribution is 7.90. The van der Waals surface area contributed by atoms with Crippen molar-refractivity contribution in [2.75, 3.05) is 18.8 Å². The van der Waals surface area contributed by atoms with E-state index in [1.807, 2.05) is 6.07 Å². The monoisotopic (exact) mass is 406 g/mol. The smallest absolute Gasteiger partial charge is 0.233 e. The van der Waals surface area contributed by atoms with Gasteiger partial charge in [-0.15, -0.1) is 0 Å². The number of imide groups is 1. The van der Waals surface area contributed by atoms with Gasteiger partial charge in [-0.3, -0.25) is 19.3 Å². The molecule has 0 unspecified atom stereocenters. The van der Waals surface area contributed by atoms with Gasteiger partial charge in [0.1, 0.15) is 0 Å². The van der Waals surface area contributed by atoms with Crippen LogP contribution in [0.15, 0.2) is 30.3 Å². The highest BCUT2D eigenvalue weighted by atomic mass is 32.2. The number of rotatable bonds is 8. The van der Waals surface area contributed by atoms with Gasteiger partial charge in [-0.2, -0.15) is 0 Å². The average Bonchev–Trinajstić information content (AvgIpc) is 2.91. The first-order valence-corrected chi connectivity index (χ1v) is 11.6. The lowest BCUT2D eigenvalue weighted by Gasteiger charge is -2.19. The highest BCUT2D eigenvalue weighted by Gasteiger charge is 2.47. The number of likely N-dealkylation sites (tertiary alicyclic amines) is 1. The molecule has 1 aromatic carbocycles. The normalized spacial score (nSPS) is 22.2. The summed E-state index contributed by atoms with van der Waals surface area (Å²) in [6.45, 7) is 0.0778. The fourth-order valence-corrected chi connectivity index (χ4v) is 5.26. The highest BCUT2D eigenvalue weighted by Crippen LogP contribution is 2.37. The predicted octanol–water partition coefficient (Wildman–Crippen LogP) is 1.28. The summed E-state index contributed by atoms with van der Waals surface area (Å²) < 4.78 is 24.3. The lowest BCUT2D eigenvalue weighted by Crippen LogP contribution is -2.36. The Balaban J connectivity index is 1.41. The van der Waals surface area contributed by atoms with Crippen LogP contribution in [0, 0.1) is 11.8 Å². The van der Waals surface area contributed by atoms with E-state index >= 15 is 0 Å². The van der Waals surface area contributed by atoms with Crippen molar-refractivity contribution < 1.29 is 22.8 Å². The minimum atomic E-state index is -3.33. The quantitative estimate of drug-likeness (QED) is 0.656. The zero-order valence-corrected chi connectivity index (χ0v) is 16.6. The van der Waals surface area contributed by atoms with Gasteiger partial charge in [-0.05, 0) is 18.4 Å². The van der Waals surface area contributed by atoms with E-state index in [4.69, 9.17) is 0 Å². The molecule has 0 radical (unpaired) electrons. The molecule has 1 N–H and O–H groups in total. The molecule has 2 atom stereocenters. The van der Waals surface area contributed by atoms with Crippen LogP contribution >= 0.6 is 0 Å². The van der Waals surface area contributed by atoms with Crippen molar-refractivity contribution in [3.63, 3.8) is 0 Å². The Kier molecular flexibility index (Phi) is 6.49. The third-order valence-corrected chi connectivity index (χ3v) is 7.06. The van der Waals surface area contributed by atoms with Crippen LogP contribution < -0.4 is 5.32 Å². The Hall–Kier alpha value is -2.22. The zero-order chi connectivity index (χ0) is 20.1. The molecular formula is C20H26N2O5S. The van der Waals surface area contributed by atoms with Gasteiger partial charge in [-0.1, -0.05) is 43.2 Å². The number of nitrogens with one attached hydrogen (secondary N) is 1. The molecule has 0 aromatic heterocycles. The van der Waals surface area contributed by atoms with E-state index in [2.05, 4.69) is 5.32 Å². The predicted molar refractivity (Wildman–Crippen MR) is 104 cm³/mol. The average molecular weight is 407 g/mol. The van der Waals surface area contributed by atoms with E-state index in [0.717, 1.165) is 25.7 Å². The second-order valence-electron chi connectivity index (χ2n) is 7.50. The first-order chi connectivity index (χ1) is 13.4. The van der Waals surface area contributed by atoms with E-state index in [9.17, 15) is 22.8 Å². The topological polar surface area (TPSA) is 101 Å². The minimum absolute atomic E-state index is 0.00431. The van der Waals surface area contributed by atoms with Crippen molar-refractivity contribution in [1.82, 2.24) is 10.2 Å². The van der Waals surface area contributed by atoms with E-state index in [-0.39, 0.29) is 60.6 Å². The summed E-state index contributed by atoms with van der Waals surface area (Å²) in [6.07, 6.45) is 3.42. The van der Waals surface area contributed by atoms with Crippen molar-refractivity contribution in [3.05, 3.63) is 35.9 Å². The number of carbonyl (C=O) groups is 3. The lowest BCUT2D eigenvalue weighted by atomic mass is 9.81.